The lowest BCUT2D eigenvalue weighted by atomic mass is 9.48. The Hall–Kier alpha value is -2.62. The van der Waals surface area contributed by atoms with Gasteiger partial charge in [-0.05, 0) is 49.9 Å². The monoisotopic (exact) mass is 503 g/mol. The third kappa shape index (κ3) is 4.96. The molecule has 2 amide bonds. The van der Waals surface area contributed by atoms with Crippen LogP contribution >= 0.6 is 0 Å². The highest BCUT2D eigenvalue weighted by atomic mass is 19.1. The molecule has 2 unspecified atom stereocenters. The molecule has 0 radical (unpaired) electrons. The molecule has 4 saturated carbocycles. The van der Waals surface area contributed by atoms with Crippen molar-refractivity contribution in [3.63, 3.8) is 0 Å². The van der Waals surface area contributed by atoms with E-state index in [1.165, 1.54) is 0 Å². The van der Waals surface area contributed by atoms with Crippen LogP contribution < -0.4 is 16.0 Å². The zero-order valence-electron chi connectivity index (χ0n) is 21.2. The van der Waals surface area contributed by atoms with Gasteiger partial charge in [0.15, 0.2) is 0 Å². The number of allylic oxidation sites excluding steroid dienone is 1. The van der Waals surface area contributed by atoms with Crippen LogP contribution in [0.15, 0.2) is 12.3 Å². The van der Waals surface area contributed by atoms with E-state index in [1.54, 1.807) is 23.2 Å². The standard InChI is InChI=1S/C26H38FN5O4/c1-25(2,15-27)3-4-32-23(31-5-7-35-8-6-31)20(14-29-32)22(33)30-21-18-9-17-10-19(21)13-26(11-17,12-18)16-36-24(28)34/h3-4,14,17-19,21H,5-13,15-16H2,1-2H3,(H2,28,34)(H,30,33)/b4-3+. The van der Waals surface area contributed by atoms with Crippen molar-refractivity contribution in [1.82, 2.24) is 15.1 Å². The maximum Gasteiger partial charge on any atom is 0.404 e. The minimum Gasteiger partial charge on any atom is -0.449 e. The highest BCUT2D eigenvalue weighted by Gasteiger charge is 2.56. The van der Waals surface area contributed by atoms with Gasteiger partial charge < -0.3 is 25.4 Å². The zero-order valence-corrected chi connectivity index (χ0v) is 21.2. The third-order valence-electron chi connectivity index (χ3n) is 8.55. The van der Waals surface area contributed by atoms with Crippen molar-refractivity contribution in [1.29, 1.82) is 0 Å². The molecule has 4 bridgehead atoms. The van der Waals surface area contributed by atoms with Gasteiger partial charge in [-0.1, -0.05) is 19.9 Å². The number of carbonyl (C=O) groups excluding carboxylic acids is 2. The van der Waals surface area contributed by atoms with Crippen LogP contribution in [0, 0.1) is 28.6 Å². The summed E-state index contributed by atoms with van der Waals surface area (Å²) in [6.45, 7) is 6.01. The summed E-state index contributed by atoms with van der Waals surface area (Å²) in [4.78, 5) is 27.0. The number of rotatable bonds is 8. The highest BCUT2D eigenvalue weighted by Crippen LogP contribution is 2.60. The fourth-order valence-corrected chi connectivity index (χ4v) is 7.09. The number of morpholine rings is 1. The van der Waals surface area contributed by atoms with E-state index in [4.69, 9.17) is 15.2 Å². The molecular formula is C26H38FN5O4. The van der Waals surface area contributed by atoms with Crippen molar-refractivity contribution in [3.05, 3.63) is 17.8 Å². The molecule has 1 aliphatic heterocycles. The Bertz CT molecular complexity index is 1000. The van der Waals surface area contributed by atoms with Crippen LogP contribution in [0.3, 0.4) is 0 Å². The van der Waals surface area contributed by atoms with E-state index in [9.17, 15) is 14.0 Å². The molecule has 6 rings (SSSR count). The average molecular weight is 504 g/mol. The van der Waals surface area contributed by atoms with Gasteiger partial charge in [0.1, 0.15) is 11.4 Å². The summed E-state index contributed by atoms with van der Waals surface area (Å²) in [5, 5.41) is 7.86. The lowest BCUT2D eigenvalue weighted by Crippen LogP contribution is -2.60. The van der Waals surface area contributed by atoms with Crippen LogP contribution in [0.2, 0.25) is 0 Å². The quantitative estimate of drug-likeness (QED) is 0.564. The second kappa shape index (κ2) is 9.68. The molecule has 4 aliphatic carbocycles. The molecule has 1 aromatic rings. The number of halogens is 1. The second-order valence-electron chi connectivity index (χ2n) is 11.9. The Morgan fingerprint density at radius 2 is 1.97 bits per heavy atom. The number of hydrogen-bond acceptors (Lipinski definition) is 6. The van der Waals surface area contributed by atoms with E-state index in [0.29, 0.717) is 56.2 Å². The van der Waals surface area contributed by atoms with Crippen LogP contribution in [0.1, 0.15) is 56.3 Å². The predicted molar refractivity (Wildman–Crippen MR) is 133 cm³/mol. The van der Waals surface area contributed by atoms with Crippen molar-refractivity contribution >= 4 is 24.0 Å². The molecule has 9 nitrogen and oxygen atoms in total. The average Bonchev–Trinajstić information content (AvgIpc) is 3.28. The van der Waals surface area contributed by atoms with E-state index in [1.807, 2.05) is 13.8 Å². The van der Waals surface area contributed by atoms with Gasteiger partial charge in [0.05, 0.1) is 32.7 Å². The Balaban J connectivity index is 1.35. The van der Waals surface area contributed by atoms with Gasteiger partial charge in [-0.25, -0.2) is 9.48 Å². The SMILES string of the molecule is CC(C)(/C=C/n1ncc(C(=O)NC2C3CC4CC2CC(COC(N)=O)(C4)C3)c1N1CCOCC1)CF. The van der Waals surface area contributed by atoms with Gasteiger partial charge >= 0.3 is 6.09 Å². The number of amides is 2. The summed E-state index contributed by atoms with van der Waals surface area (Å²) in [7, 11) is 0. The molecule has 0 spiro atoms. The van der Waals surface area contributed by atoms with E-state index < -0.39 is 18.2 Å². The van der Waals surface area contributed by atoms with Gasteiger partial charge in [-0.3, -0.25) is 9.18 Å². The number of aromatic nitrogens is 2. The number of nitrogens with two attached hydrogens (primary N) is 1. The van der Waals surface area contributed by atoms with Gasteiger partial charge in [0.25, 0.3) is 5.91 Å². The van der Waals surface area contributed by atoms with Crippen molar-refractivity contribution in [2.24, 2.45) is 34.3 Å². The van der Waals surface area contributed by atoms with E-state index >= 15 is 0 Å². The minimum atomic E-state index is -0.716. The molecule has 198 valence electrons. The first-order chi connectivity index (χ1) is 17.2. The maximum absolute atomic E-state index is 13.7. The Morgan fingerprint density at radius 3 is 2.61 bits per heavy atom. The number of anilines is 1. The first-order valence-electron chi connectivity index (χ1n) is 13.1. The largest absolute Gasteiger partial charge is 0.449 e. The van der Waals surface area contributed by atoms with Gasteiger partial charge in [0, 0.05) is 36.2 Å². The van der Waals surface area contributed by atoms with E-state index in [0.717, 1.165) is 37.9 Å². The molecule has 36 heavy (non-hydrogen) atoms. The molecular weight excluding hydrogens is 465 g/mol. The number of ether oxygens (including phenoxy) is 2. The summed E-state index contributed by atoms with van der Waals surface area (Å²) in [5.74, 6) is 1.94. The fraction of sp³-hybridized carbons (Fsp3) is 0.731. The van der Waals surface area contributed by atoms with Crippen molar-refractivity contribution in [3.8, 4) is 0 Å². The molecule has 2 heterocycles. The molecule has 5 fully saturated rings. The molecule has 1 saturated heterocycles. The van der Waals surface area contributed by atoms with Crippen molar-refractivity contribution < 1.29 is 23.5 Å². The van der Waals surface area contributed by atoms with Crippen LogP contribution in [0.5, 0.6) is 0 Å². The fourth-order valence-electron chi connectivity index (χ4n) is 7.09. The molecule has 5 aliphatic rings. The topological polar surface area (TPSA) is 112 Å². The number of nitrogens with one attached hydrogen (secondary N) is 1. The molecule has 2 atom stereocenters. The van der Waals surface area contributed by atoms with E-state index in [2.05, 4.69) is 15.3 Å². The molecule has 3 N–H and O–H groups in total. The molecule has 0 aromatic carbocycles. The first kappa shape index (κ1) is 25.0. The number of carbonyl (C=O) groups is 2. The number of alkyl halides is 1. The normalized spacial score (nSPS) is 31.7. The van der Waals surface area contributed by atoms with Crippen molar-refractivity contribution in [2.45, 2.75) is 52.0 Å². The Labute approximate surface area is 211 Å². The summed E-state index contributed by atoms with van der Waals surface area (Å²) >= 11 is 0. The van der Waals surface area contributed by atoms with Crippen LogP contribution in [-0.4, -0.2) is 67.4 Å². The molecule has 10 heteroatoms. The first-order valence-corrected chi connectivity index (χ1v) is 13.1. The summed E-state index contributed by atoms with van der Waals surface area (Å²) in [6, 6.07) is 0.0951. The lowest BCUT2D eigenvalue weighted by Gasteiger charge is -2.59. The molecule has 1 aromatic heterocycles. The smallest absolute Gasteiger partial charge is 0.404 e. The van der Waals surface area contributed by atoms with Gasteiger partial charge in [0.2, 0.25) is 0 Å². The van der Waals surface area contributed by atoms with E-state index in [-0.39, 0.29) is 17.4 Å². The zero-order chi connectivity index (χ0) is 25.5. The Morgan fingerprint density at radius 1 is 1.28 bits per heavy atom. The number of nitrogens with zero attached hydrogens (tertiary/aromatic N) is 3. The summed E-state index contributed by atoms with van der Waals surface area (Å²) in [6.07, 6.45) is 9.58. The predicted octanol–water partition coefficient (Wildman–Crippen LogP) is 3.21. The third-order valence-corrected chi connectivity index (χ3v) is 8.55. The highest BCUT2D eigenvalue weighted by molar-refractivity contribution is 5.99. The van der Waals surface area contributed by atoms with Crippen LogP contribution in [0.4, 0.5) is 15.0 Å². The lowest BCUT2D eigenvalue weighted by molar-refractivity contribution is -0.0977. The number of primary amides is 1. The summed E-state index contributed by atoms with van der Waals surface area (Å²) in [5.41, 5.74) is 5.15. The van der Waals surface area contributed by atoms with Crippen LogP contribution in [-0.2, 0) is 9.47 Å². The minimum absolute atomic E-state index is 0.00930. The number of hydrogen-bond donors (Lipinski definition) is 2. The summed E-state index contributed by atoms with van der Waals surface area (Å²) < 4.78 is 25.8. The van der Waals surface area contributed by atoms with Gasteiger partial charge in [-0.15, -0.1) is 0 Å². The van der Waals surface area contributed by atoms with Crippen LogP contribution in [0.25, 0.3) is 6.20 Å². The van der Waals surface area contributed by atoms with Crippen molar-refractivity contribution in [2.75, 3.05) is 44.5 Å². The Kier molecular flexibility index (Phi) is 6.74. The van der Waals surface area contributed by atoms with Gasteiger partial charge in [-0.2, -0.15) is 5.10 Å². The maximum atomic E-state index is 13.7. The second-order valence-corrected chi connectivity index (χ2v) is 11.9.